The van der Waals surface area contributed by atoms with Crippen molar-refractivity contribution in [2.45, 2.75) is 11.3 Å². The first-order valence-corrected chi connectivity index (χ1v) is 10.4. The number of benzene rings is 3. The minimum atomic E-state index is 0.849. The Labute approximate surface area is 168 Å². The molecule has 28 heavy (non-hydrogen) atoms. The van der Waals surface area contributed by atoms with Gasteiger partial charge in [0.15, 0.2) is 0 Å². The Balaban J connectivity index is 1.54. The molecule has 1 aromatic heterocycles. The zero-order valence-electron chi connectivity index (χ0n) is 15.3. The van der Waals surface area contributed by atoms with Crippen molar-refractivity contribution in [3.05, 3.63) is 95.7 Å². The smallest absolute Gasteiger partial charge is 0.128 e. The molecule has 1 aliphatic heterocycles. The van der Waals surface area contributed by atoms with Crippen LogP contribution in [0, 0.1) is 0 Å². The fraction of sp³-hybridized carbons (Fsp3) is 0.0800. The molecule has 5 rings (SSSR count). The molecule has 0 amide bonds. The average Bonchev–Trinajstić information content (AvgIpc) is 3.24. The Bertz CT molecular complexity index is 1150. The summed E-state index contributed by atoms with van der Waals surface area (Å²) in [6.07, 6.45) is 5.35. The van der Waals surface area contributed by atoms with Crippen LogP contribution in [0.25, 0.3) is 23.1 Å². The van der Waals surface area contributed by atoms with E-state index in [1.54, 1.807) is 0 Å². The van der Waals surface area contributed by atoms with Crippen molar-refractivity contribution in [1.29, 1.82) is 0 Å². The number of hydrogen-bond donors (Lipinski definition) is 0. The van der Waals surface area contributed by atoms with Gasteiger partial charge in [0.25, 0.3) is 0 Å². The minimum Gasteiger partial charge on any atom is -0.457 e. The van der Waals surface area contributed by atoms with Crippen molar-refractivity contribution >= 4 is 34.8 Å². The van der Waals surface area contributed by atoms with Gasteiger partial charge in [-0.2, -0.15) is 0 Å². The van der Waals surface area contributed by atoms with Crippen LogP contribution in [0.3, 0.4) is 0 Å². The lowest BCUT2D eigenvalue weighted by Gasteiger charge is -2.11. The molecular formula is C25H19NOS. The van der Waals surface area contributed by atoms with E-state index in [0.29, 0.717) is 0 Å². The second-order valence-corrected chi connectivity index (χ2v) is 7.85. The van der Waals surface area contributed by atoms with Gasteiger partial charge in [-0.05, 0) is 54.0 Å². The predicted octanol–water partition coefficient (Wildman–Crippen LogP) is 6.85. The summed E-state index contributed by atoms with van der Waals surface area (Å²) in [6.45, 7) is 0. The van der Waals surface area contributed by atoms with E-state index in [1.807, 2.05) is 54.2 Å². The van der Waals surface area contributed by atoms with E-state index >= 15 is 0 Å². The molecule has 2 nitrogen and oxygen atoms in total. The van der Waals surface area contributed by atoms with Crippen LogP contribution in [0.15, 0.2) is 83.8 Å². The van der Waals surface area contributed by atoms with Crippen molar-refractivity contribution in [3.8, 4) is 11.5 Å². The standard InChI is InChI=1S/C25H19NOS/c1-3-7-18(8-4-1)11-13-23-21-15-16-28-25(21)22-17-20(12-14-24(22)26-23)27-19-9-5-2-6-10-19/h1-14,17H,15-16H2/b13-11+. The summed E-state index contributed by atoms with van der Waals surface area (Å²) in [6, 6.07) is 26.5. The normalized spacial score (nSPS) is 13.1. The number of aromatic nitrogens is 1. The van der Waals surface area contributed by atoms with E-state index in [1.165, 1.54) is 21.4 Å². The number of rotatable bonds is 4. The maximum absolute atomic E-state index is 6.03. The molecular weight excluding hydrogens is 362 g/mol. The summed E-state index contributed by atoms with van der Waals surface area (Å²) in [5.74, 6) is 2.80. The van der Waals surface area contributed by atoms with Gasteiger partial charge in [-0.3, -0.25) is 0 Å². The van der Waals surface area contributed by atoms with Gasteiger partial charge >= 0.3 is 0 Å². The highest BCUT2D eigenvalue weighted by Crippen LogP contribution is 2.40. The number of thioether (sulfide) groups is 1. The third-order valence-corrected chi connectivity index (χ3v) is 6.01. The van der Waals surface area contributed by atoms with Gasteiger partial charge in [-0.25, -0.2) is 4.98 Å². The molecule has 0 fully saturated rings. The molecule has 0 saturated heterocycles. The molecule has 0 atom stereocenters. The molecule has 3 heteroatoms. The molecule has 136 valence electrons. The SMILES string of the molecule is C(=C\c1nc2ccc(Oc3ccccc3)cc2c2c1CCS2)/c1ccccc1. The summed E-state index contributed by atoms with van der Waals surface area (Å²) in [4.78, 5) is 6.30. The first kappa shape index (κ1) is 17.1. The van der Waals surface area contributed by atoms with Gasteiger partial charge in [0.1, 0.15) is 11.5 Å². The lowest BCUT2D eigenvalue weighted by atomic mass is 10.1. The zero-order chi connectivity index (χ0) is 18.8. The summed E-state index contributed by atoms with van der Waals surface area (Å²) in [5, 5.41) is 1.18. The van der Waals surface area contributed by atoms with E-state index in [4.69, 9.17) is 9.72 Å². The van der Waals surface area contributed by atoms with E-state index in [2.05, 4.69) is 48.6 Å². The lowest BCUT2D eigenvalue weighted by Crippen LogP contribution is -1.94. The highest BCUT2D eigenvalue weighted by Gasteiger charge is 2.19. The maximum Gasteiger partial charge on any atom is 0.128 e. The molecule has 1 aliphatic rings. The van der Waals surface area contributed by atoms with Crippen LogP contribution in [0.1, 0.15) is 16.8 Å². The van der Waals surface area contributed by atoms with Crippen molar-refractivity contribution in [2.24, 2.45) is 0 Å². The van der Waals surface area contributed by atoms with Crippen LogP contribution < -0.4 is 4.74 Å². The molecule has 4 aromatic rings. The quantitative estimate of drug-likeness (QED) is 0.386. The second kappa shape index (κ2) is 7.53. The van der Waals surface area contributed by atoms with Crippen LogP contribution in [-0.4, -0.2) is 10.7 Å². The number of pyridine rings is 1. The number of ether oxygens (including phenoxy) is 1. The Morgan fingerprint density at radius 1 is 0.821 bits per heavy atom. The predicted molar refractivity (Wildman–Crippen MR) is 118 cm³/mol. The number of fused-ring (bicyclic) bond motifs is 3. The Morgan fingerprint density at radius 2 is 1.61 bits per heavy atom. The van der Waals surface area contributed by atoms with Gasteiger partial charge in [-0.15, -0.1) is 11.8 Å². The maximum atomic E-state index is 6.03. The molecule has 0 spiro atoms. The van der Waals surface area contributed by atoms with Gasteiger partial charge < -0.3 is 4.74 Å². The molecule has 0 N–H and O–H groups in total. The van der Waals surface area contributed by atoms with Crippen LogP contribution in [0.4, 0.5) is 0 Å². The van der Waals surface area contributed by atoms with E-state index in [-0.39, 0.29) is 0 Å². The highest BCUT2D eigenvalue weighted by molar-refractivity contribution is 7.99. The summed E-state index contributed by atoms with van der Waals surface area (Å²) >= 11 is 1.92. The Kier molecular flexibility index (Phi) is 4.59. The number of para-hydroxylation sites is 1. The molecule has 0 aliphatic carbocycles. The van der Waals surface area contributed by atoms with Crippen molar-refractivity contribution in [1.82, 2.24) is 4.98 Å². The van der Waals surface area contributed by atoms with E-state index < -0.39 is 0 Å². The molecule has 0 saturated carbocycles. The first-order valence-electron chi connectivity index (χ1n) is 9.42. The summed E-state index contributed by atoms with van der Waals surface area (Å²) < 4.78 is 6.03. The first-order chi connectivity index (χ1) is 13.9. The van der Waals surface area contributed by atoms with Gasteiger partial charge in [0, 0.05) is 16.0 Å². The lowest BCUT2D eigenvalue weighted by molar-refractivity contribution is 0.483. The summed E-state index contributed by atoms with van der Waals surface area (Å²) in [7, 11) is 0. The third kappa shape index (κ3) is 3.41. The fourth-order valence-electron chi connectivity index (χ4n) is 3.50. The van der Waals surface area contributed by atoms with Gasteiger partial charge in [-0.1, -0.05) is 54.6 Å². The van der Waals surface area contributed by atoms with Gasteiger partial charge in [0.2, 0.25) is 0 Å². The third-order valence-electron chi connectivity index (χ3n) is 4.85. The number of hydrogen-bond acceptors (Lipinski definition) is 3. The topological polar surface area (TPSA) is 22.1 Å². The molecule has 0 bridgehead atoms. The largest absolute Gasteiger partial charge is 0.457 e. The Hall–Kier alpha value is -3.04. The second-order valence-electron chi connectivity index (χ2n) is 6.74. The van der Waals surface area contributed by atoms with Crippen LogP contribution in [0.5, 0.6) is 11.5 Å². The van der Waals surface area contributed by atoms with Crippen molar-refractivity contribution < 1.29 is 4.74 Å². The Morgan fingerprint density at radius 3 is 2.43 bits per heavy atom. The fourth-order valence-corrected chi connectivity index (χ4v) is 4.71. The van der Waals surface area contributed by atoms with E-state index in [9.17, 15) is 0 Å². The molecule has 2 heterocycles. The number of nitrogens with zero attached hydrogens (tertiary/aromatic N) is 1. The molecule has 0 radical (unpaired) electrons. The summed E-state index contributed by atoms with van der Waals surface area (Å²) in [5.41, 5.74) is 4.63. The molecule has 3 aromatic carbocycles. The highest BCUT2D eigenvalue weighted by atomic mass is 32.2. The minimum absolute atomic E-state index is 0.849. The average molecular weight is 382 g/mol. The van der Waals surface area contributed by atoms with Crippen LogP contribution in [-0.2, 0) is 6.42 Å². The van der Waals surface area contributed by atoms with Crippen molar-refractivity contribution in [2.75, 3.05) is 5.75 Å². The van der Waals surface area contributed by atoms with E-state index in [0.717, 1.165) is 34.9 Å². The zero-order valence-corrected chi connectivity index (χ0v) is 16.2. The van der Waals surface area contributed by atoms with Gasteiger partial charge in [0.05, 0.1) is 11.2 Å². The van der Waals surface area contributed by atoms with Crippen LogP contribution >= 0.6 is 11.8 Å². The van der Waals surface area contributed by atoms with Crippen LogP contribution in [0.2, 0.25) is 0 Å². The van der Waals surface area contributed by atoms with Crippen molar-refractivity contribution in [3.63, 3.8) is 0 Å². The monoisotopic (exact) mass is 381 g/mol. The molecule has 0 unspecified atom stereocenters.